The number of halogens is 1. The maximum absolute atomic E-state index is 9.80. The highest BCUT2D eigenvalue weighted by Gasteiger charge is 2.06. The summed E-state index contributed by atoms with van der Waals surface area (Å²) in [7, 11) is 0. The Morgan fingerprint density at radius 3 is 2.75 bits per heavy atom. The Bertz CT molecular complexity index is 318. The summed E-state index contributed by atoms with van der Waals surface area (Å²) in [6.07, 6.45) is 3.82. The molecule has 0 saturated carbocycles. The second-order valence-electron chi connectivity index (χ2n) is 4.42. The molecule has 1 aromatic rings. The van der Waals surface area contributed by atoms with E-state index in [0.717, 1.165) is 16.6 Å². The Morgan fingerprint density at radius 2 is 2.12 bits per heavy atom. The number of hydrogen-bond acceptors (Lipinski definition) is 3. The van der Waals surface area contributed by atoms with Crippen LogP contribution in [0.25, 0.3) is 0 Å². The number of hydrogen-bond donors (Lipinski definition) is 2. The second-order valence-corrected chi connectivity index (χ2v) is 5.34. The lowest BCUT2D eigenvalue weighted by Crippen LogP contribution is -2.30. The maximum Gasteiger partial charge on any atom is 0.0705 e. The fourth-order valence-corrected chi connectivity index (χ4v) is 1.86. The number of rotatable bonds is 6. The Labute approximate surface area is 105 Å². The number of aliphatic hydroxyl groups excluding tert-OH is 1. The van der Waals surface area contributed by atoms with Crippen LogP contribution in [0.15, 0.2) is 22.9 Å². The van der Waals surface area contributed by atoms with Crippen LogP contribution in [0.1, 0.15) is 19.4 Å². The summed E-state index contributed by atoms with van der Waals surface area (Å²) in [4.78, 5) is 4.07. The van der Waals surface area contributed by atoms with Gasteiger partial charge in [0.15, 0.2) is 0 Å². The predicted molar refractivity (Wildman–Crippen MR) is 69.4 cm³/mol. The lowest BCUT2D eigenvalue weighted by atomic mass is 10.1. The van der Waals surface area contributed by atoms with Crippen LogP contribution in [0.3, 0.4) is 0 Å². The molecular formula is C12H19BrN2O. The molecular weight excluding hydrogens is 268 g/mol. The van der Waals surface area contributed by atoms with Gasteiger partial charge in [0.25, 0.3) is 0 Å². The summed E-state index contributed by atoms with van der Waals surface area (Å²) in [5, 5.41) is 13.0. The van der Waals surface area contributed by atoms with Gasteiger partial charge in [-0.05, 0) is 40.0 Å². The smallest absolute Gasteiger partial charge is 0.0705 e. The van der Waals surface area contributed by atoms with E-state index < -0.39 is 0 Å². The third-order valence-corrected chi connectivity index (χ3v) is 2.60. The van der Waals surface area contributed by atoms with Gasteiger partial charge in [-0.15, -0.1) is 0 Å². The standard InChI is InChI=1S/C12H19BrN2O/c1-9(2)5-14-8-12(16)4-10-3-11(13)7-15-6-10/h3,6-7,9,12,14,16H,4-5,8H2,1-2H3. The van der Waals surface area contributed by atoms with Crippen molar-refractivity contribution in [2.24, 2.45) is 5.92 Å². The largest absolute Gasteiger partial charge is 0.391 e. The first-order chi connectivity index (χ1) is 7.58. The van der Waals surface area contributed by atoms with Gasteiger partial charge in [-0.2, -0.15) is 0 Å². The van der Waals surface area contributed by atoms with Crippen molar-refractivity contribution in [1.29, 1.82) is 0 Å². The van der Waals surface area contributed by atoms with Crippen LogP contribution in [0.5, 0.6) is 0 Å². The molecule has 0 spiro atoms. The third-order valence-electron chi connectivity index (χ3n) is 2.17. The Kier molecular flexibility index (Phi) is 5.95. The second kappa shape index (κ2) is 6.99. The van der Waals surface area contributed by atoms with E-state index >= 15 is 0 Å². The van der Waals surface area contributed by atoms with E-state index in [0.29, 0.717) is 18.9 Å². The zero-order chi connectivity index (χ0) is 12.0. The zero-order valence-electron chi connectivity index (χ0n) is 9.78. The van der Waals surface area contributed by atoms with Crippen molar-refractivity contribution in [2.45, 2.75) is 26.4 Å². The van der Waals surface area contributed by atoms with Crippen LogP contribution in [0.2, 0.25) is 0 Å². The van der Waals surface area contributed by atoms with Gasteiger partial charge in [0.05, 0.1) is 6.10 Å². The lowest BCUT2D eigenvalue weighted by molar-refractivity contribution is 0.170. The normalized spacial score (nSPS) is 13.1. The Morgan fingerprint density at radius 1 is 1.38 bits per heavy atom. The van der Waals surface area contributed by atoms with Gasteiger partial charge in [0.2, 0.25) is 0 Å². The SMILES string of the molecule is CC(C)CNCC(O)Cc1cncc(Br)c1. The monoisotopic (exact) mass is 286 g/mol. The summed E-state index contributed by atoms with van der Waals surface area (Å²) in [6.45, 7) is 5.87. The molecule has 0 radical (unpaired) electrons. The minimum absolute atomic E-state index is 0.352. The van der Waals surface area contributed by atoms with E-state index in [1.807, 2.05) is 6.07 Å². The molecule has 0 amide bonds. The number of pyridine rings is 1. The molecule has 16 heavy (non-hydrogen) atoms. The minimum Gasteiger partial charge on any atom is -0.391 e. The molecule has 0 aliphatic carbocycles. The summed E-state index contributed by atoms with van der Waals surface area (Å²) in [6, 6.07) is 1.98. The van der Waals surface area contributed by atoms with Crippen LogP contribution < -0.4 is 5.32 Å². The summed E-state index contributed by atoms with van der Waals surface area (Å²) < 4.78 is 0.951. The molecule has 0 aromatic carbocycles. The number of aromatic nitrogens is 1. The first-order valence-electron chi connectivity index (χ1n) is 5.56. The highest BCUT2D eigenvalue weighted by molar-refractivity contribution is 9.10. The quantitative estimate of drug-likeness (QED) is 0.841. The molecule has 0 fully saturated rings. The molecule has 1 unspecified atom stereocenters. The van der Waals surface area contributed by atoms with Crippen molar-refractivity contribution in [1.82, 2.24) is 10.3 Å². The molecule has 4 heteroatoms. The third kappa shape index (κ3) is 5.58. The first-order valence-corrected chi connectivity index (χ1v) is 6.35. The Balaban J connectivity index is 2.31. The highest BCUT2D eigenvalue weighted by Crippen LogP contribution is 2.10. The fraction of sp³-hybridized carbons (Fsp3) is 0.583. The summed E-state index contributed by atoms with van der Waals surface area (Å²) >= 11 is 3.36. The molecule has 0 saturated heterocycles. The van der Waals surface area contributed by atoms with Crippen LogP contribution in [-0.4, -0.2) is 29.3 Å². The van der Waals surface area contributed by atoms with Crippen molar-refractivity contribution in [3.63, 3.8) is 0 Å². The van der Waals surface area contributed by atoms with Gasteiger partial charge in [-0.3, -0.25) is 4.98 Å². The van der Waals surface area contributed by atoms with Gasteiger partial charge in [0, 0.05) is 29.8 Å². The molecule has 0 aliphatic rings. The van der Waals surface area contributed by atoms with Crippen molar-refractivity contribution in [3.8, 4) is 0 Å². The van der Waals surface area contributed by atoms with Crippen molar-refractivity contribution < 1.29 is 5.11 Å². The van der Waals surface area contributed by atoms with E-state index in [2.05, 4.69) is 40.1 Å². The van der Waals surface area contributed by atoms with Crippen LogP contribution >= 0.6 is 15.9 Å². The molecule has 1 aromatic heterocycles. The fourth-order valence-electron chi connectivity index (χ4n) is 1.45. The average Bonchev–Trinajstić information content (AvgIpc) is 2.16. The summed E-state index contributed by atoms with van der Waals surface area (Å²) in [5.41, 5.74) is 1.05. The van der Waals surface area contributed by atoms with Crippen LogP contribution in [0.4, 0.5) is 0 Å². The molecule has 1 heterocycles. The molecule has 1 atom stereocenters. The average molecular weight is 287 g/mol. The van der Waals surface area contributed by atoms with Crippen LogP contribution in [-0.2, 0) is 6.42 Å². The van der Waals surface area contributed by atoms with E-state index in [1.54, 1.807) is 12.4 Å². The highest BCUT2D eigenvalue weighted by atomic mass is 79.9. The molecule has 90 valence electrons. The molecule has 2 N–H and O–H groups in total. The van der Waals surface area contributed by atoms with E-state index in [1.165, 1.54) is 0 Å². The molecule has 0 aliphatic heterocycles. The van der Waals surface area contributed by atoms with Gasteiger partial charge in [0.1, 0.15) is 0 Å². The lowest BCUT2D eigenvalue weighted by Gasteiger charge is -2.13. The van der Waals surface area contributed by atoms with E-state index in [-0.39, 0.29) is 6.10 Å². The van der Waals surface area contributed by atoms with Gasteiger partial charge >= 0.3 is 0 Å². The van der Waals surface area contributed by atoms with E-state index in [4.69, 9.17) is 0 Å². The maximum atomic E-state index is 9.80. The van der Waals surface area contributed by atoms with E-state index in [9.17, 15) is 5.11 Å². The molecule has 1 rings (SSSR count). The van der Waals surface area contributed by atoms with Crippen LogP contribution in [0, 0.1) is 5.92 Å². The summed E-state index contributed by atoms with van der Waals surface area (Å²) in [5.74, 6) is 0.611. The topological polar surface area (TPSA) is 45.1 Å². The van der Waals surface area contributed by atoms with Crippen molar-refractivity contribution >= 4 is 15.9 Å². The van der Waals surface area contributed by atoms with Crippen molar-refractivity contribution in [3.05, 3.63) is 28.5 Å². The van der Waals surface area contributed by atoms with Gasteiger partial charge in [-0.1, -0.05) is 13.8 Å². The number of nitrogens with zero attached hydrogens (tertiary/aromatic N) is 1. The van der Waals surface area contributed by atoms with Gasteiger partial charge in [-0.25, -0.2) is 0 Å². The molecule has 0 bridgehead atoms. The number of nitrogens with one attached hydrogen (secondary N) is 1. The zero-order valence-corrected chi connectivity index (χ0v) is 11.4. The van der Waals surface area contributed by atoms with Gasteiger partial charge < -0.3 is 10.4 Å². The first kappa shape index (κ1) is 13.6. The molecule has 3 nitrogen and oxygen atoms in total. The number of aliphatic hydroxyl groups is 1. The van der Waals surface area contributed by atoms with Crippen molar-refractivity contribution in [2.75, 3.05) is 13.1 Å². The minimum atomic E-state index is -0.352. The predicted octanol–water partition coefficient (Wildman–Crippen LogP) is 1.99. The Hall–Kier alpha value is -0.450.